The van der Waals surface area contributed by atoms with Crippen LogP contribution in [0.4, 0.5) is 5.69 Å². The van der Waals surface area contributed by atoms with Crippen LogP contribution in [0.25, 0.3) is 0 Å². The van der Waals surface area contributed by atoms with Gasteiger partial charge in [-0.2, -0.15) is 0 Å². The summed E-state index contributed by atoms with van der Waals surface area (Å²) in [5.41, 5.74) is 8.18. The minimum absolute atomic E-state index is 0.178. The summed E-state index contributed by atoms with van der Waals surface area (Å²) in [5, 5.41) is 12.1. The summed E-state index contributed by atoms with van der Waals surface area (Å²) in [7, 11) is 0. The zero-order chi connectivity index (χ0) is 12.0. The van der Waals surface area contributed by atoms with Crippen LogP contribution in [-0.2, 0) is 6.42 Å². The van der Waals surface area contributed by atoms with Crippen LogP contribution in [0, 0.1) is 5.92 Å². The van der Waals surface area contributed by atoms with Gasteiger partial charge in [-0.1, -0.05) is 26.0 Å². The lowest BCUT2D eigenvalue weighted by atomic mass is 10.1. The Morgan fingerprint density at radius 3 is 2.38 bits per heavy atom. The van der Waals surface area contributed by atoms with Crippen molar-refractivity contribution in [2.24, 2.45) is 11.7 Å². The van der Waals surface area contributed by atoms with Crippen molar-refractivity contribution >= 4 is 5.69 Å². The molecule has 0 spiro atoms. The van der Waals surface area contributed by atoms with Gasteiger partial charge < -0.3 is 16.2 Å². The molecule has 1 atom stereocenters. The summed E-state index contributed by atoms with van der Waals surface area (Å²) in [4.78, 5) is 0. The van der Waals surface area contributed by atoms with Crippen molar-refractivity contribution < 1.29 is 5.11 Å². The Kier molecular flexibility index (Phi) is 5.29. The van der Waals surface area contributed by atoms with Gasteiger partial charge in [0.15, 0.2) is 0 Å². The van der Waals surface area contributed by atoms with Crippen molar-refractivity contribution in [1.29, 1.82) is 0 Å². The lowest BCUT2D eigenvalue weighted by molar-refractivity contribution is 0.299. The molecule has 0 amide bonds. The average molecular weight is 222 g/mol. The average Bonchev–Trinajstić information content (AvgIpc) is 2.28. The number of aliphatic hydroxyl groups excluding tert-OH is 1. The number of benzene rings is 1. The maximum Gasteiger partial charge on any atom is 0.0471 e. The van der Waals surface area contributed by atoms with Crippen molar-refractivity contribution in [2.45, 2.75) is 26.3 Å². The van der Waals surface area contributed by atoms with Gasteiger partial charge in [0.1, 0.15) is 0 Å². The fourth-order valence-corrected chi connectivity index (χ4v) is 1.39. The highest BCUT2D eigenvalue weighted by Gasteiger charge is 2.06. The summed E-state index contributed by atoms with van der Waals surface area (Å²) >= 11 is 0. The molecule has 0 radical (unpaired) electrons. The minimum Gasteiger partial charge on any atom is -0.396 e. The van der Waals surface area contributed by atoms with Crippen LogP contribution < -0.4 is 11.1 Å². The molecule has 3 nitrogen and oxygen atoms in total. The van der Waals surface area contributed by atoms with E-state index in [-0.39, 0.29) is 12.6 Å². The van der Waals surface area contributed by atoms with Gasteiger partial charge in [-0.25, -0.2) is 0 Å². The second-order valence-corrected chi connectivity index (χ2v) is 4.46. The number of hydrogen-bond donors (Lipinski definition) is 3. The van der Waals surface area contributed by atoms with E-state index in [9.17, 15) is 0 Å². The van der Waals surface area contributed by atoms with E-state index in [0.717, 1.165) is 17.8 Å². The normalized spacial score (nSPS) is 12.8. The monoisotopic (exact) mass is 222 g/mol. The van der Waals surface area contributed by atoms with Crippen LogP contribution in [0.3, 0.4) is 0 Å². The first kappa shape index (κ1) is 13.0. The molecule has 0 heterocycles. The number of anilines is 1. The number of hydrogen-bond acceptors (Lipinski definition) is 3. The van der Waals surface area contributed by atoms with Crippen molar-refractivity contribution in [3.8, 4) is 0 Å². The van der Waals surface area contributed by atoms with Gasteiger partial charge >= 0.3 is 0 Å². The first-order valence-corrected chi connectivity index (χ1v) is 5.82. The molecular weight excluding hydrogens is 200 g/mol. The molecule has 1 aromatic carbocycles. The lowest BCUT2D eigenvalue weighted by Crippen LogP contribution is -2.33. The van der Waals surface area contributed by atoms with Gasteiger partial charge in [0.05, 0.1) is 0 Å². The minimum atomic E-state index is 0.178. The van der Waals surface area contributed by atoms with Crippen LogP contribution in [-0.4, -0.2) is 24.3 Å². The largest absolute Gasteiger partial charge is 0.396 e. The van der Waals surface area contributed by atoms with Crippen LogP contribution >= 0.6 is 0 Å². The summed E-state index contributed by atoms with van der Waals surface area (Å²) < 4.78 is 0. The number of nitrogens with one attached hydrogen (secondary N) is 1. The third-order valence-electron chi connectivity index (χ3n) is 2.75. The second kappa shape index (κ2) is 6.51. The van der Waals surface area contributed by atoms with Crippen molar-refractivity contribution in [3.63, 3.8) is 0 Å². The Morgan fingerprint density at radius 1 is 1.25 bits per heavy atom. The maximum absolute atomic E-state index is 8.79. The fraction of sp³-hybridized carbons (Fsp3) is 0.538. The summed E-state index contributed by atoms with van der Waals surface area (Å²) in [5.74, 6) is 0.487. The Bertz CT molecular complexity index is 295. The van der Waals surface area contributed by atoms with Gasteiger partial charge in [0.2, 0.25) is 0 Å². The first-order valence-electron chi connectivity index (χ1n) is 5.82. The number of nitrogens with two attached hydrogens (primary N) is 1. The highest BCUT2D eigenvalue weighted by molar-refractivity contribution is 5.44. The van der Waals surface area contributed by atoms with Crippen molar-refractivity contribution in [1.82, 2.24) is 0 Å². The SMILES string of the molecule is CC(C)C(N)CNc1ccc(CCO)cc1. The molecule has 16 heavy (non-hydrogen) atoms. The van der Waals surface area contributed by atoms with Gasteiger partial charge in [-0.3, -0.25) is 0 Å². The quantitative estimate of drug-likeness (QED) is 0.685. The van der Waals surface area contributed by atoms with E-state index >= 15 is 0 Å². The van der Waals surface area contributed by atoms with Crippen molar-refractivity contribution in [2.75, 3.05) is 18.5 Å². The third-order valence-corrected chi connectivity index (χ3v) is 2.75. The molecular formula is C13H22N2O. The Labute approximate surface area is 97.7 Å². The zero-order valence-corrected chi connectivity index (χ0v) is 10.1. The van der Waals surface area contributed by atoms with E-state index in [1.54, 1.807) is 0 Å². The molecule has 0 saturated heterocycles. The summed E-state index contributed by atoms with van der Waals surface area (Å²) in [6, 6.07) is 8.28. The smallest absolute Gasteiger partial charge is 0.0471 e. The van der Waals surface area contributed by atoms with Gasteiger partial charge in [-0.15, -0.1) is 0 Å². The fourth-order valence-electron chi connectivity index (χ4n) is 1.39. The molecule has 1 unspecified atom stereocenters. The topological polar surface area (TPSA) is 58.3 Å². The van der Waals surface area contributed by atoms with Gasteiger partial charge in [-0.05, 0) is 30.0 Å². The summed E-state index contributed by atoms with van der Waals surface area (Å²) in [6.07, 6.45) is 0.714. The molecule has 0 aliphatic heterocycles. The molecule has 1 aromatic rings. The van der Waals surface area contributed by atoms with Gasteiger partial charge in [0, 0.05) is 24.9 Å². The molecule has 0 fully saturated rings. The number of rotatable bonds is 6. The maximum atomic E-state index is 8.79. The highest BCUT2D eigenvalue weighted by Crippen LogP contribution is 2.10. The molecule has 0 aliphatic rings. The predicted octanol–water partition coefficient (Wildman–Crippen LogP) is 1.62. The van der Waals surface area contributed by atoms with E-state index in [1.807, 2.05) is 24.3 Å². The van der Waals surface area contributed by atoms with E-state index in [4.69, 9.17) is 10.8 Å². The molecule has 0 saturated carbocycles. The molecule has 3 heteroatoms. The van der Waals surface area contributed by atoms with Crippen molar-refractivity contribution in [3.05, 3.63) is 29.8 Å². The molecule has 0 bridgehead atoms. The highest BCUT2D eigenvalue weighted by atomic mass is 16.2. The first-order chi connectivity index (χ1) is 7.63. The molecule has 0 aromatic heterocycles. The standard InChI is InChI=1S/C13H22N2O/c1-10(2)13(14)9-15-12-5-3-11(4-6-12)7-8-16/h3-6,10,13,15-16H,7-9,14H2,1-2H3. The second-order valence-electron chi connectivity index (χ2n) is 4.46. The van der Waals surface area contributed by atoms with E-state index in [2.05, 4.69) is 19.2 Å². The van der Waals surface area contributed by atoms with E-state index < -0.39 is 0 Å². The molecule has 0 aliphatic carbocycles. The molecule has 1 rings (SSSR count). The van der Waals surface area contributed by atoms with Crippen LogP contribution in [0.5, 0.6) is 0 Å². The van der Waals surface area contributed by atoms with Crippen LogP contribution in [0.1, 0.15) is 19.4 Å². The van der Waals surface area contributed by atoms with E-state index in [1.165, 1.54) is 0 Å². The Balaban J connectivity index is 2.43. The zero-order valence-electron chi connectivity index (χ0n) is 10.1. The lowest BCUT2D eigenvalue weighted by Gasteiger charge is -2.17. The van der Waals surface area contributed by atoms with Gasteiger partial charge in [0.25, 0.3) is 0 Å². The van der Waals surface area contributed by atoms with Crippen LogP contribution in [0.15, 0.2) is 24.3 Å². The Hall–Kier alpha value is -1.06. The predicted molar refractivity (Wildman–Crippen MR) is 68.5 cm³/mol. The van der Waals surface area contributed by atoms with E-state index in [0.29, 0.717) is 12.3 Å². The third kappa shape index (κ3) is 4.21. The molecule has 4 N–H and O–H groups in total. The Morgan fingerprint density at radius 2 is 1.88 bits per heavy atom. The molecule has 90 valence electrons. The number of aliphatic hydroxyl groups is 1. The summed E-state index contributed by atoms with van der Waals surface area (Å²) in [6.45, 7) is 5.23. The van der Waals surface area contributed by atoms with Crippen LogP contribution in [0.2, 0.25) is 0 Å².